The molecule has 0 heterocycles. The van der Waals surface area contributed by atoms with E-state index in [2.05, 4.69) is 12.2 Å². The van der Waals surface area contributed by atoms with E-state index < -0.39 is 0 Å². The Bertz CT molecular complexity index is 625. The molecule has 0 saturated carbocycles. The fraction of sp³-hybridized carbons (Fsp3) is 0.278. The molecule has 1 N–H and O–H groups in total. The van der Waals surface area contributed by atoms with Crippen molar-refractivity contribution < 1.29 is 9.53 Å². The van der Waals surface area contributed by atoms with E-state index in [0.717, 1.165) is 12.0 Å². The van der Waals surface area contributed by atoms with Gasteiger partial charge in [0.1, 0.15) is 6.10 Å². The van der Waals surface area contributed by atoms with Gasteiger partial charge in [-0.2, -0.15) is 0 Å². The van der Waals surface area contributed by atoms with E-state index in [-0.39, 0.29) is 12.0 Å². The van der Waals surface area contributed by atoms with Gasteiger partial charge < -0.3 is 10.1 Å². The first kappa shape index (κ1) is 16.5. The summed E-state index contributed by atoms with van der Waals surface area (Å²) in [5, 5.41) is 3.53. The predicted molar refractivity (Wildman–Crippen MR) is 89.4 cm³/mol. The molecule has 22 heavy (non-hydrogen) atoms. The van der Waals surface area contributed by atoms with Crippen molar-refractivity contribution in [1.82, 2.24) is 5.32 Å². The molecule has 1 atom stereocenters. The molecule has 0 radical (unpaired) electrons. The minimum atomic E-state index is -0.271. The number of amides is 1. The van der Waals surface area contributed by atoms with Gasteiger partial charge in [-0.05, 0) is 30.2 Å². The number of nitrogens with one attached hydrogen (secondary N) is 1. The zero-order valence-corrected chi connectivity index (χ0v) is 13.6. The molecule has 0 spiro atoms. The monoisotopic (exact) mass is 317 g/mol. The molecular formula is C18H20ClNO2. The molecule has 0 aliphatic heterocycles. The summed E-state index contributed by atoms with van der Waals surface area (Å²) in [4.78, 5) is 12.2. The van der Waals surface area contributed by atoms with Crippen LogP contribution in [0.3, 0.4) is 0 Å². The summed E-state index contributed by atoms with van der Waals surface area (Å²) in [6.45, 7) is 2.45. The van der Waals surface area contributed by atoms with E-state index in [1.807, 2.05) is 48.5 Å². The summed E-state index contributed by atoms with van der Waals surface area (Å²) < 4.78 is 5.44. The van der Waals surface area contributed by atoms with E-state index in [1.165, 1.54) is 5.56 Å². The van der Waals surface area contributed by atoms with Gasteiger partial charge in [-0.3, -0.25) is 4.79 Å². The number of carbonyl (C=O) groups excluding carboxylic acids is 1. The topological polar surface area (TPSA) is 38.3 Å². The second-order valence-corrected chi connectivity index (χ2v) is 5.41. The highest BCUT2D eigenvalue weighted by molar-refractivity contribution is 6.31. The molecule has 2 aromatic carbocycles. The van der Waals surface area contributed by atoms with Crippen molar-refractivity contribution in [2.24, 2.45) is 0 Å². The second kappa shape index (κ2) is 7.97. The predicted octanol–water partition coefficient (Wildman–Crippen LogP) is 4.02. The third-order valence-electron chi connectivity index (χ3n) is 3.61. The van der Waals surface area contributed by atoms with Crippen molar-refractivity contribution in [2.75, 3.05) is 13.7 Å². The Morgan fingerprint density at radius 2 is 1.86 bits per heavy atom. The summed E-state index contributed by atoms with van der Waals surface area (Å²) in [6.07, 6.45) is 0.688. The fourth-order valence-electron chi connectivity index (χ4n) is 2.24. The van der Waals surface area contributed by atoms with Crippen LogP contribution in [-0.2, 0) is 11.2 Å². The lowest BCUT2D eigenvalue weighted by molar-refractivity contribution is 0.0828. The van der Waals surface area contributed by atoms with E-state index in [1.54, 1.807) is 7.11 Å². The number of halogens is 1. The number of hydrogen-bond donors (Lipinski definition) is 1. The van der Waals surface area contributed by atoms with E-state index in [0.29, 0.717) is 17.1 Å². The average Bonchev–Trinajstić information content (AvgIpc) is 2.56. The van der Waals surface area contributed by atoms with Crippen LogP contribution in [0, 0.1) is 0 Å². The summed E-state index contributed by atoms with van der Waals surface area (Å²) in [6, 6.07) is 15.1. The minimum absolute atomic E-state index is 0.114. The average molecular weight is 318 g/mol. The largest absolute Gasteiger partial charge is 0.375 e. The molecule has 0 fully saturated rings. The summed E-state index contributed by atoms with van der Waals surface area (Å²) in [5.74, 6) is -0.114. The third kappa shape index (κ3) is 4.09. The van der Waals surface area contributed by atoms with Gasteiger partial charge in [-0.25, -0.2) is 0 Å². The van der Waals surface area contributed by atoms with Crippen LogP contribution < -0.4 is 5.32 Å². The lowest BCUT2D eigenvalue weighted by Crippen LogP contribution is -2.29. The van der Waals surface area contributed by atoms with Crippen LogP contribution in [0.15, 0.2) is 48.5 Å². The first-order valence-corrected chi connectivity index (χ1v) is 7.67. The molecule has 0 saturated heterocycles. The lowest BCUT2D eigenvalue weighted by atomic mass is 10.1. The van der Waals surface area contributed by atoms with Crippen molar-refractivity contribution in [3.05, 3.63) is 70.2 Å². The van der Waals surface area contributed by atoms with E-state index in [4.69, 9.17) is 16.3 Å². The minimum Gasteiger partial charge on any atom is -0.375 e. The smallest absolute Gasteiger partial charge is 0.251 e. The molecule has 3 nitrogen and oxygen atoms in total. The zero-order chi connectivity index (χ0) is 15.9. The maximum atomic E-state index is 12.2. The normalized spacial score (nSPS) is 12.0. The highest BCUT2D eigenvalue weighted by Gasteiger charge is 2.15. The van der Waals surface area contributed by atoms with Crippen LogP contribution in [0.25, 0.3) is 0 Å². The van der Waals surface area contributed by atoms with Crippen molar-refractivity contribution in [2.45, 2.75) is 19.4 Å². The van der Waals surface area contributed by atoms with Crippen LogP contribution in [0.4, 0.5) is 0 Å². The van der Waals surface area contributed by atoms with Gasteiger partial charge in [0.2, 0.25) is 0 Å². The molecule has 4 heteroatoms. The Morgan fingerprint density at radius 1 is 1.18 bits per heavy atom. The maximum Gasteiger partial charge on any atom is 0.251 e. The third-order valence-corrected chi connectivity index (χ3v) is 3.95. The van der Waals surface area contributed by atoms with Crippen LogP contribution >= 0.6 is 11.6 Å². The van der Waals surface area contributed by atoms with Gasteiger partial charge in [0.15, 0.2) is 0 Å². The van der Waals surface area contributed by atoms with Crippen molar-refractivity contribution in [3.63, 3.8) is 0 Å². The Kier molecular flexibility index (Phi) is 5.99. The van der Waals surface area contributed by atoms with Gasteiger partial charge in [-0.1, -0.05) is 48.9 Å². The first-order valence-electron chi connectivity index (χ1n) is 7.30. The van der Waals surface area contributed by atoms with Gasteiger partial charge >= 0.3 is 0 Å². The maximum absolute atomic E-state index is 12.2. The summed E-state index contributed by atoms with van der Waals surface area (Å²) >= 11 is 6.17. The number of rotatable bonds is 6. The number of methoxy groups -OCH3 is 1. The standard InChI is InChI=1S/C18H20ClNO2/c1-3-13-8-10-14(11-9-13)18(21)20-12-17(22-2)15-6-4-5-7-16(15)19/h4-11,17H,3,12H2,1-2H3,(H,20,21). The molecule has 2 rings (SSSR count). The molecular weight excluding hydrogens is 298 g/mol. The molecule has 0 aliphatic rings. The van der Waals surface area contributed by atoms with Crippen LogP contribution in [0.5, 0.6) is 0 Å². The fourth-order valence-corrected chi connectivity index (χ4v) is 2.49. The highest BCUT2D eigenvalue weighted by atomic mass is 35.5. The van der Waals surface area contributed by atoms with Crippen molar-refractivity contribution in [3.8, 4) is 0 Å². The number of ether oxygens (including phenoxy) is 1. The van der Waals surface area contributed by atoms with Crippen LogP contribution in [0.2, 0.25) is 5.02 Å². The van der Waals surface area contributed by atoms with Gasteiger partial charge in [0, 0.05) is 29.8 Å². The Morgan fingerprint density at radius 3 is 2.45 bits per heavy atom. The molecule has 2 aromatic rings. The Labute approximate surface area is 136 Å². The van der Waals surface area contributed by atoms with Crippen LogP contribution in [0.1, 0.15) is 34.5 Å². The SMILES string of the molecule is CCc1ccc(C(=O)NCC(OC)c2ccccc2Cl)cc1. The highest BCUT2D eigenvalue weighted by Crippen LogP contribution is 2.24. The molecule has 0 bridgehead atoms. The number of hydrogen-bond acceptors (Lipinski definition) is 2. The van der Waals surface area contributed by atoms with Gasteiger partial charge in [0.25, 0.3) is 5.91 Å². The molecule has 1 amide bonds. The van der Waals surface area contributed by atoms with Gasteiger partial charge in [-0.15, -0.1) is 0 Å². The molecule has 0 aliphatic carbocycles. The molecule has 116 valence electrons. The number of carbonyl (C=O) groups is 1. The molecule has 1 unspecified atom stereocenters. The van der Waals surface area contributed by atoms with Gasteiger partial charge in [0.05, 0.1) is 0 Å². The lowest BCUT2D eigenvalue weighted by Gasteiger charge is -2.17. The first-order chi connectivity index (χ1) is 10.7. The van der Waals surface area contributed by atoms with Crippen LogP contribution in [-0.4, -0.2) is 19.6 Å². The summed E-state index contributed by atoms with van der Waals surface area (Å²) in [5.41, 5.74) is 2.72. The second-order valence-electron chi connectivity index (χ2n) is 5.01. The zero-order valence-electron chi connectivity index (χ0n) is 12.8. The Hall–Kier alpha value is -1.84. The molecule has 0 aromatic heterocycles. The van der Waals surface area contributed by atoms with Crippen molar-refractivity contribution >= 4 is 17.5 Å². The Balaban J connectivity index is 2.00. The van der Waals surface area contributed by atoms with E-state index in [9.17, 15) is 4.79 Å². The summed E-state index contributed by atoms with van der Waals surface area (Å²) in [7, 11) is 1.61. The number of benzene rings is 2. The van der Waals surface area contributed by atoms with E-state index >= 15 is 0 Å². The number of aryl methyl sites for hydroxylation is 1. The van der Waals surface area contributed by atoms with Crippen molar-refractivity contribution in [1.29, 1.82) is 0 Å². The quantitative estimate of drug-likeness (QED) is 0.874.